The molecule has 0 aromatic heterocycles. The number of aryl methyl sites for hydroxylation is 1. The van der Waals surface area contributed by atoms with E-state index < -0.39 is 0 Å². The number of anilines is 2. The quantitative estimate of drug-likeness (QED) is 0.737. The maximum absolute atomic E-state index is 5.44. The summed E-state index contributed by atoms with van der Waals surface area (Å²) in [4.78, 5) is 4.91. The minimum Gasteiger partial charge on any atom is -0.493 e. The number of ether oxygens (including phenoxy) is 2. The molecule has 1 fully saturated rings. The zero-order valence-corrected chi connectivity index (χ0v) is 16.2. The van der Waals surface area contributed by atoms with Crippen molar-refractivity contribution in [2.45, 2.75) is 26.2 Å². The molecule has 4 nitrogen and oxygen atoms in total. The Morgan fingerprint density at radius 1 is 0.808 bits per heavy atom. The molecule has 1 aliphatic heterocycles. The van der Waals surface area contributed by atoms with Crippen LogP contribution in [0.4, 0.5) is 11.4 Å². The lowest BCUT2D eigenvalue weighted by Gasteiger charge is -2.37. The second kappa shape index (κ2) is 8.84. The molecule has 3 rings (SSSR count). The van der Waals surface area contributed by atoms with Gasteiger partial charge in [0.05, 0.1) is 14.2 Å². The smallest absolute Gasteiger partial charge is 0.162 e. The molecule has 26 heavy (non-hydrogen) atoms. The first-order chi connectivity index (χ1) is 12.7. The molecule has 0 radical (unpaired) electrons. The molecule has 1 saturated heterocycles. The number of piperazine rings is 1. The van der Waals surface area contributed by atoms with E-state index in [9.17, 15) is 0 Å². The number of methoxy groups -OCH3 is 2. The molecule has 0 aliphatic carbocycles. The molecule has 0 saturated carbocycles. The Kier molecular flexibility index (Phi) is 6.26. The van der Waals surface area contributed by atoms with Crippen LogP contribution < -0.4 is 19.3 Å². The van der Waals surface area contributed by atoms with E-state index in [1.165, 1.54) is 36.2 Å². The first-order valence-corrected chi connectivity index (χ1v) is 9.56. The molecule has 0 atom stereocenters. The van der Waals surface area contributed by atoms with Crippen LogP contribution in [0, 0.1) is 0 Å². The Morgan fingerprint density at radius 2 is 1.46 bits per heavy atom. The van der Waals surface area contributed by atoms with Crippen molar-refractivity contribution in [2.24, 2.45) is 0 Å². The summed E-state index contributed by atoms with van der Waals surface area (Å²) in [6, 6.07) is 15.2. The highest BCUT2D eigenvalue weighted by Gasteiger charge is 2.19. The van der Waals surface area contributed by atoms with Gasteiger partial charge < -0.3 is 19.3 Å². The van der Waals surface area contributed by atoms with Gasteiger partial charge in [0.2, 0.25) is 0 Å². The van der Waals surface area contributed by atoms with Crippen LogP contribution in [0.2, 0.25) is 0 Å². The molecule has 140 valence electrons. The SMILES string of the molecule is CCCCc1cccc(N2CCN(c3ccc(OC)c(OC)c3)CC2)c1. The summed E-state index contributed by atoms with van der Waals surface area (Å²) < 4.78 is 10.8. The van der Waals surface area contributed by atoms with E-state index in [1.54, 1.807) is 14.2 Å². The summed E-state index contributed by atoms with van der Waals surface area (Å²) in [6.45, 7) is 6.33. The van der Waals surface area contributed by atoms with Gasteiger partial charge in [-0.25, -0.2) is 0 Å². The number of rotatable bonds is 7. The highest BCUT2D eigenvalue weighted by molar-refractivity contribution is 5.58. The molecule has 4 heteroatoms. The summed E-state index contributed by atoms with van der Waals surface area (Å²) in [6.07, 6.45) is 3.68. The predicted molar refractivity (Wildman–Crippen MR) is 109 cm³/mol. The fourth-order valence-electron chi connectivity index (χ4n) is 3.53. The third-order valence-electron chi connectivity index (χ3n) is 5.11. The van der Waals surface area contributed by atoms with Gasteiger partial charge in [0.1, 0.15) is 0 Å². The molecule has 0 N–H and O–H groups in total. The molecule has 1 aliphatic rings. The molecule has 0 unspecified atom stereocenters. The van der Waals surface area contributed by atoms with Crippen LogP contribution >= 0.6 is 0 Å². The van der Waals surface area contributed by atoms with Crippen molar-refractivity contribution in [3.05, 3.63) is 48.0 Å². The second-order valence-corrected chi connectivity index (χ2v) is 6.79. The number of benzene rings is 2. The van der Waals surface area contributed by atoms with E-state index in [0.717, 1.165) is 37.7 Å². The Morgan fingerprint density at radius 3 is 2.08 bits per heavy atom. The van der Waals surface area contributed by atoms with Crippen molar-refractivity contribution < 1.29 is 9.47 Å². The van der Waals surface area contributed by atoms with Gasteiger partial charge in [-0.05, 0) is 42.7 Å². The van der Waals surface area contributed by atoms with Crippen LogP contribution in [0.15, 0.2) is 42.5 Å². The first kappa shape index (κ1) is 18.4. The lowest BCUT2D eigenvalue weighted by atomic mass is 10.1. The fourth-order valence-corrected chi connectivity index (χ4v) is 3.53. The topological polar surface area (TPSA) is 24.9 Å². The van der Waals surface area contributed by atoms with E-state index in [0.29, 0.717) is 0 Å². The molecule has 2 aromatic carbocycles. The van der Waals surface area contributed by atoms with Gasteiger partial charge in [0.15, 0.2) is 11.5 Å². The van der Waals surface area contributed by atoms with Gasteiger partial charge >= 0.3 is 0 Å². The largest absolute Gasteiger partial charge is 0.493 e. The molecule has 0 amide bonds. The first-order valence-electron chi connectivity index (χ1n) is 9.56. The number of hydrogen-bond donors (Lipinski definition) is 0. The van der Waals surface area contributed by atoms with E-state index in [-0.39, 0.29) is 0 Å². The third-order valence-corrected chi connectivity index (χ3v) is 5.11. The summed E-state index contributed by atoms with van der Waals surface area (Å²) in [5, 5.41) is 0. The van der Waals surface area contributed by atoms with Crippen molar-refractivity contribution in [3.8, 4) is 11.5 Å². The second-order valence-electron chi connectivity index (χ2n) is 6.79. The summed E-state index contributed by atoms with van der Waals surface area (Å²) in [5.41, 5.74) is 4.00. The molecular formula is C22H30N2O2. The maximum atomic E-state index is 5.44. The van der Waals surface area contributed by atoms with Crippen LogP contribution in [0.5, 0.6) is 11.5 Å². The van der Waals surface area contributed by atoms with Crippen molar-refractivity contribution in [3.63, 3.8) is 0 Å². The van der Waals surface area contributed by atoms with Gasteiger partial charge in [-0.1, -0.05) is 25.5 Å². The van der Waals surface area contributed by atoms with Crippen molar-refractivity contribution >= 4 is 11.4 Å². The normalized spacial score (nSPS) is 14.4. The van der Waals surface area contributed by atoms with E-state index in [2.05, 4.69) is 53.1 Å². The Labute approximate surface area is 157 Å². The monoisotopic (exact) mass is 354 g/mol. The molecule has 0 spiro atoms. The lowest BCUT2D eigenvalue weighted by Crippen LogP contribution is -2.46. The predicted octanol–water partition coefficient (Wildman–Crippen LogP) is 4.37. The molecule has 2 aromatic rings. The highest BCUT2D eigenvalue weighted by atomic mass is 16.5. The van der Waals surface area contributed by atoms with Crippen LogP contribution in [0.3, 0.4) is 0 Å². The average Bonchev–Trinajstić information content (AvgIpc) is 2.72. The summed E-state index contributed by atoms with van der Waals surface area (Å²) in [7, 11) is 3.36. The van der Waals surface area contributed by atoms with Gasteiger partial charge in [-0.15, -0.1) is 0 Å². The van der Waals surface area contributed by atoms with Crippen LogP contribution in [0.25, 0.3) is 0 Å². The highest BCUT2D eigenvalue weighted by Crippen LogP contribution is 2.32. The van der Waals surface area contributed by atoms with Crippen LogP contribution in [-0.2, 0) is 6.42 Å². The van der Waals surface area contributed by atoms with Crippen LogP contribution in [-0.4, -0.2) is 40.4 Å². The van der Waals surface area contributed by atoms with Crippen LogP contribution in [0.1, 0.15) is 25.3 Å². The Hall–Kier alpha value is -2.36. The zero-order chi connectivity index (χ0) is 18.4. The Bertz CT molecular complexity index is 709. The van der Waals surface area contributed by atoms with E-state index >= 15 is 0 Å². The molecular weight excluding hydrogens is 324 g/mol. The Balaban J connectivity index is 1.64. The van der Waals surface area contributed by atoms with Gasteiger partial charge in [-0.3, -0.25) is 0 Å². The van der Waals surface area contributed by atoms with Gasteiger partial charge in [0, 0.05) is 43.6 Å². The summed E-state index contributed by atoms with van der Waals surface area (Å²) >= 11 is 0. The third kappa shape index (κ3) is 4.24. The lowest BCUT2D eigenvalue weighted by molar-refractivity contribution is 0.355. The average molecular weight is 354 g/mol. The van der Waals surface area contributed by atoms with E-state index in [4.69, 9.17) is 9.47 Å². The molecule has 1 heterocycles. The maximum Gasteiger partial charge on any atom is 0.162 e. The summed E-state index contributed by atoms with van der Waals surface area (Å²) in [5.74, 6) is 1.56. The molecule has 0 bridgehead atoms. The number of unbranched alkanes of at least 4 members (excludes halogenated alkanes) is 1. The van der Waals surface area contributed by atoms with Crippen molar-refractivity contribution in [1.82, 2.24) is 0 Å². The van der Waals surface area contributed by atoms with Crippen molar-refractivity contribution in [1.29, 1.82) is 0 Å². The minimum atomic E-state index is 0.777. The van der Waals surface area contributed by atoms with Gasteiger partial charge in [-0.2, -0.15) is 0 Å². The van der Waals surface area contributed by atoms with E-state index in [1.807, 2.05) is 6.07 Å². The number of hydrogen-bond acceptors (Lipinski definition) is 4. The standard InChI is InChI=1S/C22H30N2O2/c1-4-5-7-18-8-6-9-19(16-18)23-12-14-24(15-13-23)20-10-11-21(25-2)22(17-20)26-3/h6,8-11,16-17H,4-5,7,12-15H2,1-3H3. The number of nitrogens with zero attached hydrogens (tertiary/aromatic N) is 2. The van der Waals surface area contributed by atoms with Crippen molar-refractivity contribution in [2.75, 3.05) is 50.2 Å². The zero-order valence-electron chi connectivity index (χ0n) is 16.2. The minimum absolute atomic E-state index is 0.777. The fraction of sp³-hybridized carbons (Fsp3) is 0.455. The van der Waals surface area contributed by atoms with Gasteiger partial charge in [0.25, 0.3) is 0 Å².